The van der Waals surface area contributed by atoms with Gasteiger partial charge in [0.1, 0.15) is 16.8 Å². The van der Waals surface area contributed by atoms with Crippen molar-refractivity contribution < 1.29 is 5.11 Å². The smallest absolute Gasteiger partial charge is 0.137 e. The van der Waals surface area contributed by atoms with Gasteiger partial charge in [0.2, 0.25) is 0 Å². The van der Waals surface area contributed by atoms with Crippen molar-refractivity contribution >= 4 is 17.4 Å². The monoisotopic (exact) mass is 229 g/mol. The Hall–Kier alpha value is -0.870. The van der Waals surface area contributed by atoms with Crippen molar-refractivity contribution in [3.63, 3.8) is 0 Å². The van der Waals surface area contributed by atoms with E-state index in [1.165, 1.54) is 0 Å². The van der Waals surface area contributed by atoms with Crippen molar-refractivity contribution in [2.45, 2.75) is 20.8 Å². The molecule has 0 radical (unpaired) electrons. The van der Waals surface area contributed by atoms with E-state index < -0.39 is 0 Å². The number of halogens is 1. The molecule has 1 heterocycles. The standard InChI is InChI=1S/C10H16ClN3O/c1-6(5-15)4-12-10-7(2)9(11)13-8(3)14-10/h6,15H,4-5H2,1-3H3,(H,12,13,14). The average Bonchev–Trinajstić information content (AvgIpc) is 2.20. The van der Waals surface area contributed by atoms with Crippen LogP contribution in [-0.4, -0.2) is 28.2 Å². The summed E-state index contributed by atoms with van der Waals surface area (Å²) in [5, 5.41) is 12.5. The van der Waals surface area contributed by atoms with Gasteiger partial charge in [0, 0.05) is 18.7 Å². The number of hydrogen-bond acceptors (Lipinski definition) is 4. The Kier molecular flexibility index (Phi) is 4.29. The van der Waals surface area contributed by atoms with Crippen LogP contribution < -0.4 is 5.32 Å². The molecule has 0 aliphatic rings. The number of hydrogen-bond donors (Lipinski definition) is 2. The summed E-state index contributed by atoms with van der Waals surface area (Å²) in [5.41, 5.74) is 0.840. The van der Waals surface area contributed by atoms with E-state index >= 15 is 0 Å². The predicted octanol–water partition coefficient (Wildman–Crippen LogP) is 1.79. The Morgan fingerprint density at radius 2 is 2.07 bits per heavy atom. The van der Waals surface area contributed by atoms with Crippen molar-refractivity contribution in [3.8, 4) is 0 Å². The second kappa shape index (κ2) is 5.28. The lowest BCUT2D eigenvalue weighted by Crippen LogP contribution is -2.16. The maximum Gasteiger partial charge on any atom is 0.137 e. The lowest BCUT2D eigenvalue weighted by molar-refractivity contribution is 0.244. The fraction of sp³-hybridized carbons (Fsp3) is 0.600. The predicted molar refractivity (Wildman–Crippen MR) is 61.3 cm³/mol. The summed E-state index contributed by atoms with van der Waals surface area (Å²) in [6.07, 6.45) is 0. The molecule has 0 fully saturated rings. The zero-order valence-corrected chi connectivity index (χ0v) is 9.97. The highest BCUT2D eigenvalue weighted by Crippen LogP contribution is 2.19. The van der Waals surface area contributed by atoms with Gasteiger partial charge in [0.25, 0.3) is 0 Å². The van der Waals surface area contributed by atoms with Gasteiger partial charge in [-0.15, -0.1) is 0 Å². The largest absolute Gasteiger partial charge is 0.396 e. The van der Waals surface area contributed by atoms with Gasteiger partial charge in [0.05, 0.1) is 0 Å². The first-order valence-corrected chi connectivity index (χ1v) is 5.28. The fourth-order valence-electron chi connectivity index (χ4n) is 1.10. The number of aliphatic hydroxyl groups is 1. The minimum Gasteiger partial charge on any atom is -0.396 e. The molecular formula is C10H16ClN3O. The molecule has 1 atom stereocenters. The van der Waals surface area contributed by atoms with Crippen LogP contribution in [0.4, 0.5) is 5.82 Å². The SMILES string of the molecule is Cc1nc(Cl)c(C)c(NCC(C)CO)n1. The molecule has 0 saturated carbocycles. The van der Waals surface area contributed by atoms with E-state index in [1.807, 2.05) is 13.8 Å². The van der Waals surface area contributed by atoms with E-state index in [4.69, 9.17) is 16.7 Å². The molecule has 1 unspecified atom stereocenters. The molecule has 1 rings (SSSR count). The second-order valence-electron chi connectivity index (χ2n) is 3.70. The molecule has 0 bridgehead atoms. The van der Waals surface area contributed by atoms with Crippen LogP contribution in [0.2, 0.25) is 5.15 Å². The fourth-order valence-corrected chi connectivity index (χ4v) is 1.31. The molecule has 84 valence electrons. The highest BCUT2D eigenvalue weighted by molar-refractivity contribution is 6.30. The number of rotatable bonds is 4. The molecular weight excluding hydrogens is 214 g/mol. The summed E-state index contributed by atoms with van der Waals surface area (Å²) < 4.78 is 0. The summed E-state index contributed by atoms with van der Waals surface area (Å²) in [6.45, 7) is 6.45. The van der Waals surface area contributed by atoms with Crippen LogP contribution >= 0.6 is 11.6 Å². The van der Waals surface area contributed by atoms with E-state index in [2.05, 4.69) is 15.3 Å². The van der Waals surface area contributed by atoms with Crippen molar-refractivity contribution in [1.29, 1.82) is 0 Å². The van der Waals surface area contributed by atoms with Crippen LogP contribution in [0.5, 0.6) is 0 Å². The van der Waals surface area contributed by atoms with Crippen LogP contribution in [-0.2, 0) is 0 Å². The molecule has 15 heavy (non-hydrogen) atoms. The zero-order valence-electron chi connectivity index (χ0n) is 9.21. The van der Waals surface area contributed by atoms with E-state index in [-0.39, 0.29) is 12.5 Å². The zero-order chi connectivity index (χ0) is 11.4. The molecule has 5 heteroatoms. The first-order valence-electron chi connectivity index (χ1n) is 4.90. The normalized spacial score (nSPS) is 12.6. The van der Waals surface area contributed by atoms with Crippen LogP contribution in [0, 0.1) is 19.8 Å². The Bertz CT molecular complexity index is 344. The summed E-state index contributed by atoms with van der Waals surface area (Å²) in [7, 11) is 0. The molecule has 1 aromatic heterocycles. The molecule has 0 aliphatic carbocycles. The van der Waals surface area contributed by atoms with E-state index in [0.717, 1.165) is 11.4 Å². The van der Waals surface area contributed by atoms with Crippen molar-refractivity contribution in [2.75, 3.05) is 18.5 Å². The van der Waals surface area contributed by atoms with Gasteiger partial charge in [0.15, 0.2) is 0 Å². The number of nitrogens with one attached hydrogen (secondary N) is 1. The number of aliphatic hydroxyl groups excluding tert-OH is 1. The third-order valence-electron chi connectivity index (χ3n) is 2.13. The van der Waals surface area contributed by atoms with Gasteiger partial charge in [-0.25, -0.2) is 9.97 Å². The van der Waals surface area contributed by atoms with E-state index in [1.54, 1.807) is 6.92 Å². The Labute approximate surface area is 94.7 Å². The Morgan fingerprint density at radius 3 is 2.67 bits per heavy atom. The van der Waals surface area contributed by atoms with Crippen LogP contribution in [0.25, 0.3) is 0 Å². The van der Waals surface area contributed by atoms with Gasteiger partial charge in [-0.3, -0.25) is 0 Å². The minimum atomic E-state index is 0.157. The highest BCUT2D eigenvalue weighted by atomic mass is 35.5. The lowest BCUT2D eigenvalue weighted by Gasteiger charge is -2.13. The van der Waals surface area contributed by atoms with Gasteiger partial charge in [-0.2, -0.15) is 0 Å². The third kappa shape index (κ3) is 3.32. The molecule has 0 saturated heterocycles. The summed E-state index contributed by atoms with van der Waals surface area (Å²) in [6, 6.07) is 0. The van der Waals surface area contributed by atoms with Crippen molar-refractivity contribution in [1.82, 2.24) is 9.97 Å². The van der Waals surface area contributed by atoms with Gasteiger partial charge >= 0.3 is 0 Å². The van der Waals surface area contributed by atoms with Crippen molar-refractivity contribution in [2.24, 2.45) is 5.92 Å². The Morgan fingerprint density at radius 1 is 1.40 bits per heavy atom. The van der Waals surface area contributed by atoms with Gasteiger partial charge < -0.3 is 10.4 Å². The van der Waals surface area contributed by atoms with E-state index in [0.29, 0.717) is 17.5 Å². The van der Waals surface area contributed by atoms with Crippen LogP contribution in [0.3, 0.4) is 0 Å². The first-order chi connectivity index (χ1) is 7.04. The van der Waals surface area contributed by atoms with Crippen LogP contribution in [0.15, 0.2) is 0 Å². The molecule has 2 N–H and O–H groups in total. The quantitative estimate of drug-likeness (QED) is 0.773. The van der Waals surface area contributed by atoms with E-state index in [9.17, 15) is 0 Å². The average molecular weight is 230 g/mol. The summed E-state index contributed by atoms with van der Waals surface area (Å²) in [4.78, 5) is 8.30. The number of aromatic nitrogens is 2. The second-order valence-corrected chi connectivity index (χ2v) is 4.06. The maximum absolute atomic E-state index is 8.89. The summed E-state index contributed by atoms with van der Waals surface area (Å²) in [5.74, 6) is 1.58. The molecule has 4 nitrogen and oxygen atoms in total. The number of nitrogens with zero attached hydrogens (tertiary/aromatic N) is 2. The first kappa shape index (κ1) is 12.2. The Balaban J connectivity index is 2.76. The maximum atomic E-state index is 8.89. The number of anilines is 1. The van der Waals surface area contributed by atoms with Gasteiger partial charge in [-0.05, 0) is 19.8 Å². The van der Waals surface area contributed by atoms with Gasteiger partial charge in [-0.1, -0.05) is 18.5 Å². The molecule has 0 spiro atoms. The molecule has 0 aliphatic heterocycles. The van der Waals surface area contributed by atoms with Crippen molar-refractivity contribution in [3.05, 3.63) is 16.5 Å². The molecule has 0 amide bonds. The topological polar surface area (TPSA) is 58.0 Å². The number of aryl methyl sites for hydroxylation is 1. The summed E-state index contributed by atoms with van der Waals surface area (Å²) >= 11 is 5.93. The third-order valence-corrected chi connectivity index (χ3v) is 2.50. The molecule has 1 aromatic rings. The van der Waals surface area contributed by atoms with Crippen LogP contribution in [0.1, 0.15) is 18.3 Å². The lowest BCUT2D eigenvalue weighted by atomic mass is 10.2. The highest BCUT2D eigenvalue weighted by Gasteiger charge is 2.08. The molecule has 0 aromatic carbocycles. The minimum absolute atomic E-state index is 0.157.